The molecule has 15 heavy (non-hydrogen) atoms. The van der Waals surface area contributed by atoms with Crippen LogP contribution in [-0.4, -0.2) is 26.8 Å². The van der Waals surface area contributed by atoms with Crippen molar-refractivity contribution in [3.8, 4) is 0 Å². The van der Waals surface area contributed by atoms with Crippen LogP contribution in [0.5, 0.6) is 0 Å². The molecule has 80 valence electrons. The van der Waals surface area contributed by atoms with Crippen molar-refractivity contribution in [2.45, 2.75) is 13.5 Å². The molecule has 0 bridgehead atoms. The molecule has 0 aliphatic heterocycles. The lowest BCUT2D eigenvalue weighted by molar-refractivity contribution is 0.129. The van der Waals surface area contributed by atoms with Crippen LogP contribution in [0.4, 0.5) is 0 Å². The maximum absolute atomic E-state index is 5.83. The summed E-state index contributed by atoms with van der Waals surface area (Å²) < 4.78 is 5.21. The van der Waals surface area contributed by atoms with E-state index in [9.17, 15) is 0 Å². The molecule has 0 fully saturated rings. The van der Waals surface area contributed by atoms with Crippen LogP contribution < -0.4 is 0 Å². The van der Waals surface area contributed by atoms with Crippen LogP contribution >= 0.6 is 23.2 Å². The second-order valence-corrected chi connectivity index (χ2v) is 3.54. The molecule has 0 atom stereocenters. The number of hydrogen-bond donors (Lipinski definition) is 1. The average molecular weight is 247 g/mol. The molecular formula is C8H8Cl2N4O. The Bertz CT molecular complexity index is 446. The Balaban J connectivity index is 2.45. The third kappa shape index (κ3) is 2.04. The quantitative estimate of drug-likeness (QED) is 0.902. The summed E-state index contributed by atoms with van der Waals surface area (Å²) >= 11 is 11.7. The highest BCUT2D eigenvalue weighted by molar-refractivity contribution is 6.37. The maximum Gasteiger partial charge on any atom is 0.179 e. The van der Waals surface area contributed by atoms with Gasteiger partial charge in [0.1, 0.15) is 23.5 Å². The Labute approximate surface area is 95.8 Å². The number of rotatable bonds is 3. The molecule has 0 aromatic carbocycles. The lowest BCUT2D eigenvalue weighted by atomic mass is 10.5. The fourth-order valence-electron chi connectivity index (χ4n) is 1.17. The maximum atomic E-state index is 5.83. The minimum atomic E-state index is 0.230. The molecule has 2 heterocycles. The van der Waals surface area contributed by atoms with Crippen molar-refractivity contribution < 1.29 is 4.74 Å². The predicted molar refractivity (Wildman–Crippen MR) is 57.0 cm³/mol. The molecular weight excluding hydrogens is 239 g/mol. The van der Waals surface area contributed by atoms with Gasteiger partial charge in [0.05, 0.1) is 0 Å². The number of H-pyrrole nitrogens is 1. The molecule has 0 saturated carbocycles. The van der Waals surface area contributed by atoms with E-state index in [-0.39, 0.29) is 10.3 Å². The van der Waals surface area contributed by atoms with E-state index in [1.807, 2.05) is 6.92 Å². The van der Waals surface area contributed by atoms with Crippen LogP contribution in [0.25, 0.3) is 11.0 Å². The molecule has 2 aromatic rings. The van der Waals surface area contributed by atoms with Crippen LogP contribution in [0.2, 0.25) is 10.3 Å². The van der Waals surface area contributed by atoms with Gasteiger partial charge in [-0.1, -0.05) is 23.2 Å². The number of ether oxygens (including phenoxy) is 1. The average Bonchev–Trinajstić information content (AvgIpc) is 2.66. The number of imidazole rings is 1. The number of aromatic nitrogens is 4. The summed E-state index contributed by atoms with van der Waals surface area (Å²) in [5.74, 6) is 0.658. The van der Waals surface area contributed by atoms with Gasteiger partial charge in [-0.15, -0.1) is 10.2 Å². The summed E-state index contributed by atoms with van der Waals surface area (Å²) in [6.07, 6.45) is 0. The van der Waals surface area contributed by atoms with Gasteiger partial charge in [0.15, 0.2) is 10.3 Å². The van der Waals surface area contributed by atoms with Crippen LogP contribution in [-0.2, 0) is 11.3 Å². The highest BCUT2D eigenvalue weighted by Gasteiger charge is 2.11. The monoisotopic (exact) mass is 246 g/mol. The summed E-state index contributed by atoms with van der Waals surface area (Å²) in [5, 5.41) is 7.82. The van der Waals surface area contributed by atoms with Gasteiger partial charge in [0.25, 0.3) is 0 Å². The summed E-state index contributed by atoms with van der Waals surface area (Å²) in [6.45, 7) is 2.92. The lowest BCUT2D eigenvalue weighted by Crippen LogP contribution is -1.93. The van der Waals surface area contributed by atoms with Crippen molar-refractivity contribution in [3.63, 3.8) is 0 Å². The highest BCUT2D eigenvalue weighted by Crippen LogP contribution is 2.23. The number of nitrogens with one attached hydrogen (secondary N) is 1. The standard InChI is InChI=1S/C8H8Cl2N4O/c1-2-15-3-4-11-5-6(12-4)8(10)14-13-7(5)9/h2-3H2,1H3,(H,11,12). The minimum absolute atomic E-state index is 0.230. The van der Waals surface area contributed by atoms with E-state index in [0.29, 0.717) is 30.1 Å². The van der Waals surface area contributed by atoms with Gasteiger partial charge < -0.3 is 9.72 Å². The van der Waals surface area contributed by atoms with Crippen molar-refractivity contribution in [3.05, 3.63) is 16.1 Å². The molecule has 0 aliphatic carbocycles. The summed E-state index contributed by atoms with van der Waals surface area (Å²) in [5.41, 5.74) is 1.11. The summed E-state index contributed by atoms with van der Waals surface area (Å²) in [4.78, 5) is 7.20. The number of aromatic amines is 1. The third-order valence-corrected chi connectivity index (χ3v) is 2.34. The minimum Gasteiger partial charge on any atom is -0.374 e. The van der Waals surface area contributed by atoms with Crippen molar-refractivity contribution in [1.29, 1.82) is 0 Å². The number of halogens is 2. The Kier molecular flexibility index (Phi) is 3.04. The number of fused-ring (bicyclic) bond motifs is 1. The molecule has 0 unspecified atom stereocenters. The van der Waals surface area contributed by atoms with Crippen LogP contribution in [0.15, 0.2) is 0 Å². The smallest absolute Gasteiger partial charge is 0.179 e. The Morgan fingerprint density at radius 1 is 1.27 bits per heavy atom. The van der Waals surface area contributed by atoms with Gasteiger partial charge in [-0.05, 0) is 6.92 Å². The first-order chi connectivity index (χ1) is 7.22. The molecule has 0 saturated heterocycles. The van der Waals surface area contributed by atoms with Gasteiger partial charge in [-0.25, -0.2) is 4.98 Å². The molecule has 0 amide bonds. The molecule has 5 nitrogen and oxygen atoms in total. The largest absolute Gasteiger partial charge is 0.374 e. The topological polar surface area (TPSA) is 63.7 Å². The molecule has 0 aliphatic rings. The van der Waals surface area contributed by atoms with E-state index in [4.69, 9.17) is 27.9 Å². The van der Waals surface area contributed by atoms with E-state index < -0.39 is 0 Å². The Hall–Kier alpha value is -0.910. The molecule has 0 radical (unpaired) electrons. The molecule has 7 heteroatoms. The van der Waals surface area contributed by atoms with E-state index in [0.717, 1.165) is 0 Å². The van der Waals surface area contributed by atoms with Crippen molar-refractivity contribution in [1.82, 2.24) is 20.2 Å². The fourth-order valence-corrected chi connectivity index (χ4v) is 1.52. The van der Waals surface area contributed by atoms with Crippen molar-refractivity contribution >= 4 is 34.2 Å². The van der Waals surface area contributed by atoms with Gasteiger partial charge >= 0.3 is 0 Å². The van der Waals surface area contributed by atoms with E-state index in [1.54, 1.807) is 0 Å². The summed E-state index contributed by atoms with van der Waals surface area (Å²) in [6, 6.07) is 0. The second kappa shape index (κ2) is 4.30. The van der Waals surface area contributed by atoms with Crippen molar-refractivity contribution in [2.75, 3.05) is 6.61 Å². The lowest BCUT2D eigenvalue weighted by Gasteiger charge is -1.94. The summed E-state index contributed by atoms with van der Waals surface area (Å²) in [7, 11) is 0. The normalized spacial score (nSPS) is 11.1. The van der Waals surface area contributed by atoms with Gasteiger partial charge in [-0.3, -0.25) is 0 Å². The zero-order valence-electron chi connectivity index (χ0n) is 7.92. The second-order valence-electron chi connectivity index (χ2n) is 2.83. The first-order valence-corrected chi connectivity index (χ1v) is 5.12. The molecule has 2 rings (SSSR count). The van der Waals surface area contributed by atoms with E-state index in [2.05, 4.69) is 20.2 Å². The number of hydrogen-bond acceptors (Lipinski definition) is 4. The van der Waals surface area contributed by atoms with E-state index in [1.165, 1.54) is 0 Å². The van der Waals surface area contributed by atoms with Crippen LogP contribution in [0.3, 0.4) is 0 Å². The van der Waals surface area contributed by atoms with E-state index >= 15 is 0 Å². The van der Waals surface area contributed by atoms with Gasteiger partial charge in [-0.2, -0.15) is 0 Å². The number of nitrogens with zero attached hydrogens (tertiary/aromatic N) is 3. The SMILES string of the molecule is CCOCc1nc2c(Cl)nnc(Cl)c2[nH]1. The third-order valence-electron chi connectivity index (χ3n) is 1.82. The Morgan fingerprint density at radius 3 is 2.67 bits per heavy atom. The van der Waals surface area contributed by atoms with Crippen LogP contribution in [0, 0.1) is 0 Å². The molecule has 0 spiro atoms. The van der Waals surface area contributed by atoms with Crippen molar-refractivity contribution in [2.24, 2.45) is 0 Å². The van der Waals surface area contributed by atoms with Gasteiger partial charge in [0.2, 0.25) is 0 Å². The zero-order chi connectivity index (χ0) is 10.8. The molecule has 1 N–H and O–H groups in total. The fraction of sp³-hybridized carbons (Fsp3) is 0.375. The molecule has 2 aromatic heterocycles. The Morgan fingerprint density at radius 2 is 2.00 bits per heavy atom. The zero-order valence-corrected chi connectivity index (χ0v) is 9.43. The van der Waals surface area contributed by atoms with Gasteiger partial charge in [0, 0.05) is 6.61 Å². The predicted octanol–water partition coefficient (Wildman–Crippen LogP) is 2.20. The first kappa shape index (κ1) is 10.6. The first-order valence-electron chi connectivity index (χ1n) is 4.36. The van der Waals surface area contributed by atoms with Crippen LogP contribution in [0.1, 0.15) is 12.7 Å². The highest BCUT2D eigenvalue weighted by atomic mass is 35.5.